The minimum absolute atomic E-state index is 0.147. The number of rotatable bonds is 4. The summed E-state index contributed by atoms with van der Waals surface area (Å²) in [4.78, 5) is 6.22. The van der Waals surface area contributed by atoms with Crippen molar-refractivity contribution >= 4 is 32.2 Å². The van der Waals surface area contributed by atoms with E-state index >= 15 is 0 Å². The number of hydrogen-bond acceptors (Lipinski definition) is 7. The number of nitrogens with two attached hydrogens (primary N) is 1. The highest BCUT2D eigenvalue weighted by atomic mass is 32.2. The predicted octanol–water partition coefficient (Wildman–Crippen LogP) is 1.21. The maximum absolute atomic E-state index is 11.4. The molecule has 1 fully saturated rings. The van der Waals surface area contributed by atoms with Gasteiger partial charge in [0, 0.05) is 42.2 Å². The van der Waals surface area contributed by atoms with Crippen LogP contribution >= 0.6 is 0 Å². The molecule has 0 spiro atoms. The summed E-state index contributed by atoms with van der Waals surface area (Å²) in [5, 5.41) is 10.6. The van der Waals surface area contributed by atoms with Crippen LogP contribution in [-0.2, 0) is 9.84 Å². The molecule has 0 aliphatic carbocycles. The second-order valence-corrected chi connectivity index (χ2v) is 8.77. The second-order valence-electron chi connectivity index (χ2n) is 6.58. The standard InChI is InChI=1S/C15H21N5O2S/c1-9(2)14-11-4-13(16)17-5-12(11)15(19-18-14)20-6-10(7-20)8-23(3,21)22/h4-5,9-10H,6-8H2,1-3H3,(H2,16,17). The Morgan fingerprint density at radius 3 is 2.61 bits per heavy atom. The molecule has 0 atom stereocenters. The minimum Gasteiger partial charge on any atom is -0.384 e. The van der Waals surface area contributed by atoms with Crippen molar-refractivity contribution in [1.29, 1.82) is 0 Å². The van der Waals surface area contributed by atoms with Gasteiger partial charge in [-0.15, -0.1) is 5.10 Å². The van der Waals surface area contributed by atoms with Crippen LogP contribution in [0.2, 0.25) is 0 Å². The van der Waals surface area contributed by atoms with E-state index in [-0.39, 0.29) is 17.6 Å². The van der Waals surface area contributed by atoms with E-state index in [1.165, 1.54) is 6.26 Å². The zero-order valence-electron chi connectivity index (χ0n) is 13.5. The van der Waals surface area contributed by atoms with Gasteiger partial charge in [-0.05, 0) is 12.0 Å². The normalized spacial score (nSPS) is 16.1. The van der Waals surface area contributed by atoms with Gasteiger partial charge in [-0.25, -0.2) is 13.4 Å². The fourth-order valence-corrected chi connectivity index (χ4v) is 4.07. The predicted molar refractivity (Wildman–Crippen MR) is 91.2 cm³/mol. The van der Waals surface area contributed by atoms with Gasteiger partial charge in [0.15, 0.2) is 5.82 Å². The van der Waals surface area contributed by atoms with Crippen LogP contribution < -0.4 is 10.6 Å². The Balaban J connectivity index is 1.93. The molecule has 124 valence electrons. The first-order valence-corrected chi connectivity index (χ1v) is 9.65. The molecule has 2 N–H and O–H groups in total. The highest BCUT2D eigenvalue weighted by Gasteiger charge is 2.32. The molecule has 3 rings (SSSR count). The molecule has 1 saturated heterocycles. The maximum atomic E-state index is 11.4. The van der Waals surface area contributed by atoms with Gasteiger partial charge in [-0.3, -0.25) is 0 Å². The van der Waals surface area contributed by atoms with Crippen LogP contribution in [0.25, 0.3) is 10.8 Å². The van der Waals surface area contributed by atoms with Crippen LogP contribution in [0.3, 0.4) is 0 Å². The molecule has 0 aromatic carbocycles. The molecule has 23 heavy (non-hydrogen) atoms. The van der Waals surface area contributed by atoms with Gasteiger partial charge < -0.3 is 10.6 Å². The van der Waals surface area contributed by atoms with Crippen LogP contribution in [0.5, 0.6) is 0 Å². The van der Waals surface area contributed by atoms with E-state index in [9.17, 15) is 8.42 Å². The molecule has 3 heterocycles. The summed E-state index contributed by atoms with van der Waals surface area (Å²) in [5.74, 6) is 1.80. The number of aromatic nitrogens is 3. The van der Waals surface area contributed by atoms with Crippen molar-refractivity contribution in [2.45, 2.75) is 19.8 Å². The molecule has 1 aliphatic rings. The van der Waals surface area contributed by atoms with Gasteiger partial charge in [0.05, 0.1) is 11.4 Å². The summed E-state index contributed by atoms with van der Waals surface area (Å²) in [6, 6.07) is 1.83. The fourth-order valence-electron chi connectivity index (χ4n) is 3.01. The Morgan fingerprint density at radius 2 is 2.00 bits per heavy atom. The van der Waals surface area contributed by atoms with Gasteiger partial charge in [-0.2, -0.15) is 5.10 Å². The lowest BCUT2D eigenvalue weighted by atomic mass is 10.00. The van der Waals surface area contributed by atoms with Gasteiger partial charge in [0.25, 0.3) is 0 Å². The third kappa shape index (κ3) is 3.21. The van der Waals surface area contributed by atoms with E-state index in [2.05, 4.69) is 29.0 Å². The first-order valence-electron chi connectivity index (χ1n) is 7.59. The van der Waals surface area contributed by atoms with Crippen LogP contribution in [0.4, 0.5) is 11.6 Å². The van der Waals surface area contributed by atoms with E-state index in [0.29, 0.717) is 18.9 Å². The Hall–Kier alpha value is -1.96. The highest BCUT2D eigenvalue weighted by molar-refractivity contribution is 7.90. The maximum Gasteiger partial charge on any atom is 0.160 e. The van der Waals surface area contributed by atoms with Crippen LogP contribution in [-0.4, -0.2) is 48.7 Å². The van der Waals surface area contributed by atoms with Gasteiger partial charge in [-0.1, -0.05) is 13.8 Å². The smallest absolute Gasteiger partial charge is 0.160 e. The van der Waals surface area contributed by atoms with E-state index in [1.54, 1.807) is 6.20 Å². The quantitative estimate of drug-likeness (QED) is 0.896. The molecule has 7 nitrogen and oxygen atoms in total. The number of hydrogen-bond donors (Lipinski definition) is 1. The summed E-state index contributed by atoms with van der Waals surface area (Å²) in [6.07, 6.45) is 3.00. The third-order valence-electron chi connectivity index (χ3n) is 4.04. The molecule has 0 amide bonds. The van der Waals surface area contributed by atoms with E-state index in [1.807, 2.05) is 11.0 Å². The summed E-state index contributed by atoms with van der Waals surface area (Å²) >= 11 is 0. The number of anilines is 2. The van der Waals surface area contributed by atoms with Crippen LogP contribution in [0.1, 0.15) is 25.5 Å². The molecular weight excluding hydrogens is 314 g/mol. The second kappa shape index (κ2) is 5.59. The van der Waals surface area contributed by atoms with Gasteiger partial charge in [0.2, 0.25) is 0 Å². The van der Waals surface area contributed by atoms with Gasteiger partial charge >= 0.3 is 0 Å². The number of sulfone groups is 1. The van der Waals surface area contributed by atoms with E-state index in [0.717, 1.165) is 22.3 Å². The summed E-state index contributed by atoms with van der Waals surface area (Å²) in [6.45, 7) is 5.46. The highest BCUT2D eigenvalue weighted by Crippen LogP contribution is 2.33. The summed E-state index contributed by atoms with van der Waals surface area (Å²) in [5.41, 5.74) is 6.71. The lowest BCUT2D eigenvalue weighted by Crippen LogP contribution is -2.50. The zero-order valence-corrected chi connectivity index (χ0v) is 14.3. The number of pyridine rings is 1. The first-order chi connectivity index (χ1) is 10.7. The van der Waals surface area contributed by atoms with Crippen molar-refractivity contribution in [3.63, 3.8) is 0 Å². The lowest BCUT2D eigenvalue weighted by molar-refractivity contribution is 0.440. The molecule has 2 aromatic heterocycles. The van der Waals surface area contributed by atoms with Crippen LogP contribution in [0.15, 0.2) is 12.3 Å². The molecule has 8 heteroatoms. The summed E-state index contributed by atoms with van der Waals surface area (Å²) in [7, 11) is -2.95. The third-order valence-corrected chi connectivity index (χ3v) is 5.11. The SMILES string of the molecule is CC(C)c1nnc(N2CC(CS(C)(=O)=O)C2)c2cnc(N)cc12. The number of nitrogen functional groups attached to an aromatic ring is 1. The zero-order chi connectivity index (χ0) is 16.8. The average Bonchev–Trinajstić information content (AvgIpc) is 2.40. The monoisotopic (exact) mass is 335 g/mol. The minimum atomic E-state index is -2.95. The molecular formula is C15H21N5O2S. The van der Waals surface area contributed by atoms with Crippen molar-refractivity contribution in [1.82, 2.24) is 15.2 Å². The molecule has 0 radical (unpaired) electrons. The Labute approximate surface area is 135 Å². The van der Waals surface area contributed by atoms with Crippen molar-refractivity contribution in [3.8, 4) is 0 Å². The average molecular weight is 335 g/mol. The molecule has 0 bridgehead atoms. The largest absolute Gasteiger partial charge is 0.384 e. The molecule has 1 aliphatic heterocycles. The first kappa shape index (κ1) is 15.9. The molecule has 0 saturated carbocycles. The Bertz CT molecular complexity index is 844. The van der Waals surface area contributed by atoms with Crippen molar-refractivity contribution in [3.05, 3.63) is 18.0 Å². The van der Waals surface area contributed by atoms with Crippen molar-refractivity contribution in [2.24, 2.45) is 5.92 Å². The fraction of sp³-hybridized carbons (Fsp3) is 0.533. The summed E-state index contributed by atoms with van der Waals surface area (Å²) < 4.78 is 22.8. The molecule has 0 unspecified atom stereocenters. The van der Waals surface area contributed by atoms with E-state index < -0.39 is 9.84 Å². The lowest BCUT2D eigenvalue weighted by Gasteiger charge is -2.40. The topological polar surface area (TPSA) is 102 Å². The van der Waals surface area contributed by atoms with E-state index in [4.69, 9.17) is 5.73 Å². The number of fused-ring (bicyclic) bond motifs is 1. The van der Waals surface area contributed by atoms with Crippen LogP contribution in [0, 0.1) is 5.92 Å². The van der Waals surface area contributed by atoms with Crippen molar-refractivity contribution in [2.75, 3.05) is 35.7 Å². The number of nitrogens with zero attached hydrogens (tertiary/aromatic N) is 4. The Morgan fingerprint density at radius 1 is 1.30 bits per heavy atom. The Kier molecular flexibility index (Phi) is 3.87. The molecule has 2 aromatic rings. The van der Waals surface area contributed by atoms with Gasteiger partial charge in [0.1, 0.15) is 15.7 Å². The van der Waals surface area contributed by atoms with Crippen molar-refractivity contribution < 1.29 is 8.42 Å².